The van der Waals surface area contributed by atoms with Gasteiger partial charge in [0.25, 0.3) is 0 Å². The molecule has 5 heteroatoms. The number of guanidine groups is 1. The Labute approximate surface area is 161 Å². The van der Waals surface area contributed by atoms with E-state index in [9.17, 15) is 0 Å². The van der Waals surface area contributed by atoms with Crippen LogP contribution in [0.1, 0.15) is 59.8 Å². The number of nitrogens with zero attached hydrogens (tertiary/aromatic N) is 2. The maximum absolute atomic E-state index is 4.82. The molecule has 1 aliphatic rings. The zero-order chi connectivity index (χ0) is 16.2. The van der Waals surface area contributed by atoms with Gasteiger partial charge < -0.3 is 15.5 Å². The molecule has 138 valence electrons. The fourth-order valence-electron chi connectivity index (χ4n) is 3.13. The minimum atomic E-state index is 0. The van der Waals surface area contributed by atoms with Gasteiger partial charge >= 0.3 is 0 Å². The van der Waals surface area contributed by atoms with E-state index in [0.29, 0.717) is 0 Å². The molecule has 1 fully saturated rings. The van der Waals surface area contributed by atoms with Crippen molar-refractivity contribution in [1.29, 1.82) is 0 Å². The average molecular weight is 438 g/mol. The lowest BCUT2D eigenvalue weighted by Gasteiger charge is -2.33. The first-order valence-corrected chi connectivity index (χ1v) is 9.40. The van der Waals surface area contributed by atoms with E-state index in [4.69, 9.17) is 4.99 Å². The molecule has 0 aromatic carbocycles. The molecule has 0 radical (unpaired) electrons. The Morgan fingerprint density at radius 1 is 1.22 bits per heavy atom. The van der Waals surface area contributed by atoms with Crippen molar-refractivity contribution in [3.63, 3.8) is 0 Å². The van der Waals surface area contributed by atoms with Gasteiger partial charge in [-0.15, -0.1) is 24.0 Å². The molecule has 0 aromatic rings. The molecule has 1 atom stereocenters. The Bertz CT molecular complexity index is 307. The van der Waals surface area contributed by atoms with Crippen LogP contribution < -0.4 is 10.6 Å². The number of unbranched alkanes of at least 4 members (excludes halogenated alkanes) is 2. The van der Waals surface area contributed by atoms with Gasteiger partial charge in [0.2, 0.25) is 0 Å². The van der Waals surface area contributed by atoms with Gasteiger partial charge in [-0.25, -0.2) is 0 Å². The Morgan fingerprint density at radius 3 is 2.65 bits per heavy atom. The van der Waals surface area contributed by atoms with E-state index in [-0.39, 0.29) is 24.0 Å². The quantitative estimate of drug-likeness (QED) is 0.250. The third-order valence-electron chi connectivity index (χ3n) is 4.15. The van der Waals surface area contributed by atoms with E-state index < -0.39 is 0 Å². The molecular formula is C18H39IN4. The van der Waals surface area contributed by atoms with Crippen LogP contribution >= 0.6 is 24.0 Å². The number of halogens is 1. The van der Waals surface area contributed by atoms with Crippen molar-refractivity contribution in [2.24, 2.45) is 16.8 Å². The summed E-state index contributed by atoms with van der Waals surface area (Å²) in [6, 6.07) is 0. The lowest BCUT2D eigenvalue weighted by molar-refractivity contribution is 0.162. The summed E-state index contributed by atoms with van der Waals surface area (Å²) < 4.78 is 0. The topological polar surface area (TPSA) is 39.7 Å². The molecule has 23 heavy (non-hydrogen) atoms. The van der Waals surface area contributed by atoms with Crippen LogP contribution in [-0.4, -0.2) is 50.1 Å². The molecule has 0 bridgehead atoms. The maximum atomic E-state index is 4.82. The number of piperidine rings is 1. The van der Waals surface area contributed by atoms with Crippen molar-refractivity contribution in [2.45, 2.75) is 59.8 Å². The highest BCUT2D eigenvalue weighted by Gasteiger charge is 2.20. The molecule has 0 amide bonds. The van der Waals surface area contributed by atoms with Gasteiger partial charge in [-0.05, 0) is 44.6 Å². The second-order valence-electron chi connectivity index (χ2n) is 7.02. The standard InChI is InChI=1S/C18H38N4.HI/c1-5-7-8-11-20-18(19-6-2)21-13-17-10-9-12-22(15-17)14-16(3)4;/h16-17H,5-15H2,1-4H3,(H2,19,20,21);1H. The molecule has 2 N–H and O–H groups in total. The molecular weight excluding hydrogens is 399 g/mol. The van der Waals surface area contributed by atoms with E-state index >= 15 is 0 Å². The predicted molar refractivity (Wildman–Crippen MR) is 113 cm³/mol. The third-order valence-corrected chi connectivity index (χ3v) is 4.15. The van der Waals surface area contributed by atoms with Crippen LogP contribution in [0.25, 0.3) is 0 Å². The van der Waals surface area contributed by atoms with Crippen LogP contribution in [0, 0.1) is 11.8 Å². The molecule has 1 unspecified atom stereocenters. The Balaban J connectivity index is 0.00000484. The second kappa shape index (κ2) is 14.3. The zero-order valence-corrected chi connectivity index (χ0v) is 18.1. The lowest BCUT2D eigenvalue weighted by Crippen LogP contribution is -2.40. The van der Waals surface area contributed by atoms with Crippen LogP contribution in [0.3, 0.4) is 0 Å². The minimum Gasteiger partial charge on any atom is -0.357 e. The second-order valence-corrected chi connectivity index (χ2v) is 7.02. The molecule has 0 aromatic heterocycles. The summed E-state index contributed by atoms with van der Waals surface area (Å²) in [5, 5.41) is 6.83. The van der Waals surface area contributed by atoms with E-state index in [0.717, 1.165) is 37.4 Å². The summed E-state index contributed by atoms with van der Waals surface area (Å²) in [5.74, 6) is 2.48. The van der Waals surface area contributed by atoms with Crippen molar-refractivity contribution in [2.75, 3.05) is 39.3 Å². The molecule has 0 aliphatic carbocycles. The molecule has 1 saturated heterocycles. The lowest BCUT2D eigenvalue weighted by atomic mass is 9.97. The smallest absolute Gasteiger partial charge is 0.191 e. The highest BCUT2D eigenvalue weighted by Crippen LogP contribution is 2.17. The molecule has 1 heterocycles. The Hall–Kier alpha value is -0.0400. The zero-order valence-electron chi connectivity index (χ0n) is 15.7. The number of nitrogens with one attached hydrogen (secondary N) is 2. The van der Waals surface area contributed by atoms with Crippen LogP contribution in [0.4, 0.5) is 0 Å². The van der Waals surface area contributed by atoms with Gasteiger partial charge in [-0.2, -0.15) is 0 Å². The van der Waals surface area contributed by atoms with E-state index in [2.05, 4.69) is 43.2 Å². The van der Waals surface area contributed by atoms with E-state index in [1.165, 1.54) is 51.7 Å². The number of rotatable bonds is 9. The minimum absolute atomic E-state index is 0. The van der Waals surface area contributed by atoms with Gasteiger partial charge in [-0.3, -0.25) is 4.99 Å². The van der Waals surface area contributed by atoms with E-state index in [1.54, 1.807) is 0 Å². The summed E-state index contributed by atoms with van der Waals surface area (Å²) in [6.07, 6.45) is 6.44. The highest BCUT2D eigenvalue weighted by atomic mass is 127. The van der Waals surface area contributed by atoms with Crippen LogP contribution in [0.15, 0.2) is 4.99 Å². The van der Waals surface area contributed by atoms with Gasteiger partial charge in [0, 0.05) is 32.7 Å². The summed E-state index contributed by atoms with van der Waals surface area (Å²) in [5.41, 5.74) is 0. The number of hydrogen-bond acceptors (Lipinski definition) is 2. The van der Waals surface area contributed by atoms with Crippen molar-refractivity contribution >= 4 is 29.9 Å². The van der Waals surface area contributed by atoms with Gasteiger partial charge in [0.15, 0.2) is 5.96 Å². The fraction of sp³-hybridized carbons (Fsp3) is 0.944. The molecule has 4 nitrogen and oxygen atoms in total. The van der Waals surface area contributed by atoms with Crippen molar-refractivity contribution in [3.05, 3.63) is 0 Å². The molecule has 1 rings (SSSR count). The summed E-state index contributed by atoms with van der Waals surface area (Å²) >= 11 is 0. The monoisotopic (exact) mass is 438 g/mol. The fourth-order valence-corrected chi connectivity index (χ4v) is 3.13. The normalized spacial score (nSPS) is 19.5. The number of hydrogen-bond donors (Lipinski definition) is 2. The molecule has 0 spiro atoms. The first kappa shape index (κ1) is 23.0. The molecule has 1 aliphatic heterocycles. The first-order chi connectivity index (χ1) is 10.7. The number of aliphatic imine (C=N–C) groups is 1. The van der Waals surface area contributed by atoms with Crippen LogP contribution in [-0.2, 0) is 0 Å². The first-order valence-electron chi connectivity index (χ1n) is 9.40. The Morgan fingerprint density at radius 2 is 2.00 bits per heavy atom. The molecule has 0 saturated carbocycles. The van der Waals surface area contributed by atoms with Gasteiger partial charge in [-0.1, -0.05) is 33.6 Å². The summed E-state index contributed by atoms with van der Waals surface area (Å²) in [4.78, 5) is 7.44. The van der Waals surface area contributed by atoms with Gasteiger partial charge in [0.05, 0.1) is 0 Å². The van der Waals surface area contributed by atoms with Crippen LogP contribution in [0.5, 0.6) is 0 Å². The maximum Gasteiger partial charge on any atom is 0.191 e. The highest BCUT2D eigenvalue weighted by molar-refractivity contribution is 14.0. The SMILES string of the molecule is CCCCCNC(=NCC1CCCN(CC(C)C)C1)NCC.I. The average Bonchev–Trinajstić information content (AvgIpc) is 2.49. The van der Waals surface area contributed by atoms with Crippen molar-refractivity contribution in [3.8, 4) is 0 Å². The predicted octanol–water partition coefficient (Wildman–Crippen LogP) is 3.72. The number of likely N-dealkylation sites (tertiary alicyclic amines) is 1. The Kier molecular flexibility index (Phi) is 14.3. The van der Waals surface area contributed by atoms with Crippen molar-refractivity contribution < 1.29 is 0 Å². The summed E-state index contributed by atoms with van der Waals surface area (Å²) in [6.45, 7) is 15.6. The van der Waals surface area contributed by atoms with Gasteiger partial charge in [0.1, 0.15) is 0 Å². The van der Waals surface area contributed by atoms with E-state index in [1.807, 2.05) is 0 Å². The summed E-state index contributed by atoms with van der Waals surface area (Å²) in [7, 11) is 0. The largest absolute Gasteiger partial charge is 0.357 e. The van der Waals surface area contributed by atoms with Crippen molar-refractivity contribution in [1.82, 2.24) is 15.5 Å². The third kappa shape index (κ3) is 11.2. The van der Waals surface area contributed by atoms with Crippen LogP contribution in [0.2, 0.25) is 0 Å².